The molecule has 2 nitrogen and oxygen atoms in total. The maximum atomic E-state index is 11.6. The molecule has 0 spiro atoms. The van der Waals surface area contributed by atoms with Crippen molar-refractivity contribution in [3.05, 3.63) is 95.0 Å². The van der Waals surface area contributed by atoms with Crippen molar-refractivity contribution in [3.63, 3.8) is 0 Å². The van der Waals surface area contributed by atoms with E-state index in [1.807, 2.05) is 78.9 Å². The number of amides is 1. The van der Waals surface area contributed by atoms with Gasteiger partial charge in [-0.2, -0.15) is 0 Å². The predicted molar refractivity (Wildman–Crippen MR) is 99.0 cm³/mol. The Hall–Kier alpha value is -2.58. The van der Waals surface area contributed by atoms with Crippen LogP contribution in [0.3, 0.4) is 0 Å². The topological polar surface area (TPSA) is 29.1 Å². The summed E-state index contributed by atoms with van der Waals surface area (Å²) in [6, 6.07) is 25.7. The van der Waals surface area contributed by atoms with E-state index in [1.54, 1.807) is 0 Å². The Labute approximate surface area is 147 Å². The Bertz CT molecular complexity index is 828. The van der Waals surface area contributed by atoms with Gasteiger partial charge in [-0.1, -0.05) is 84.4 Å². The molecule has 0 bridgehead atoms. The van der Waals surface area contributed by atoms with Gasteiger partial charge in [0.15, 0.2) is 0 Å². The van der Waals surface area contributed by atoms with Gasteiger partial charge in [-0.3, -0.25) is 4.79 Å². The maximum absolute atomic E-state index is 11.6. The average molecular weight is 336 g/mol. The molecule has 0 saturated heterocycles. The number of halogens is 1. The fourth-order valence-electron chi connectivity index (χ4n) is 2.76. The normalized spacial score (nSPS) is 11.8. The highest BCUT2D eigenvalue weighted by atomic mass is 35.5. The highest BCUT2D eigenvalue weighted by Gasteiger charge is 2.15. The summed E-state index contributed by atoms with van der Waals surface area (Å²) in [5, 5.41) is 3.75. The summed E-state index contributed by atoms with van der Waals surface area (Å²) in [7, 11) is 0. The second kappa shape index (κ2) is 7.33. The standard InChI is InChI=1S/C21H18ClNO/c1-15(24)23-21(17-7-3-2-4-8-17)18-13-11-16(12-14-18)19-9-5-6-10-20(19)22/h2-14,21H,1H3,(H,23,24). The number of hydrogen-bond donors (Lipinski definition) is 1. The first kappa shape index (κ1) is 16.3. The maximum Gasteiger partial charge on any atom is 0.217 e. The van der Waals surface area contributed by atoms with Crippen molar-refractivity contribution in [2.45, 2.75) is 13.0 Å². The Morgan fingerprint density at radius 1 is 0.833 bits per heavy atom. The number of hydrogen-bond acceptors (Lipinski definition) is 1. The Balaban J connectivity index is 1.95. The van der Waals surface area contributed by atoms with Gasteiger partial charge in [-0.15, -0.1) is 0 Å². The van der Waals surface area contributed by atoms with E-state index in [1.165, 1.54) is 6.92 Å². The van der Waals surface area contributed by atoms with Gasteiger partial charge in [0.05, 0.1) is 6.04 Å². The molecule has 3 heteroatoms. The number of nitrogens with one attached hydrogen (secondary N) is 1. The Morgan fingerprint density at radius 2 is 1.42 bits per heavy atom. The zero-order chi connectivity index (χ0) is 16.9. The minimum atomic E-state index is -0.163. The van der Waals surface area contributed by atoms with Gasteiger partial charge in [0.25, 0.3) is 0 Å². The molecule has 1 unspecified atom stereocenters. The first-order valence-corrected chi connectivity index (χ1v) is 8.20. The summed E-state index contributed by atoms with van der Waals surface area (Å²) in [5.74, 6) is -0.0565. The van der Waals surface area contributed by atoms with Crippen LogP contribution in [0, 0.1) is 0 Å². The summed E-state index contributed by atoms with van der Waals surface area (Å²) in [5.41, 5.74) is 4.14. The Kier molecular flexibility index (Phi) is 4.97. The second-order valence-corrected chi connectivity index (χ2v) is 6.05. The molecule has 1 N–H and O–H groups in total. The van der Waals surface area contributed by atoms with E-state index in [0.717, 1.165) is 27.3 Å². The quantitative estimate of drug-likeness (QED) is 0.694. The molecule has 3 rings (SSSR count). The van der Waals surface area contributed by atoms with Crippen LogP contribution >= 0.6 is 11.6 Å². The van der Waals surface area contributed by atoms with E-state index >= 15 is 0 Å². The van der Waals surface area contributed by atoms with Crippen molar-refractivity contribution in [2.75, 3.05) is 0 Å². The Morgan fingerprint density at radius 3 is 2.04 bits per heavy atom. The van der Waals surface area contributed by atoms with Crippen molar-refractivity contribution in [2.24, 2.45) is 0 Å². The first-order valence-electron chi connectivity index (χ1n) is 7.82. The van der Waals surface area contributed by atoms with Gasteiger partial charge in [0, 0.05) is 17.5 Å². The lowest BCUT2D eigenvalue weighted by Gasteiger charge is -2.19. The van der Waals surface area contributed by atoms with Gasteiger partial charge in [-0.25, -0.2) is 0 Å². The fourth-order valence-corrected chi connectivity index (χ4v) is 3.00. The molecule has 1 amide bonds. The van der Waals surface area contributed by atoms with Gasteiger partial charge in [0.1, 0.15) is 0 Å². The van der Waals surface area contributed by atoms with Crippen LogP contribution in [0.5, 0.6) is 0 Å². The van der Waals surface area contributed by atoms with E-state index in [9.17, 15) is 4.79 Å². The molecule has 0 aliphatic rings. The summed E-state index contributed by atoms with van der Waals surface area (Å²) >= 11 is 6.27. The number of carbonyl (C=O) groups excluding carboxylic acids is 1. The summed E-state index contributed by atoms with van der Waals surface area (Å²) in [6.45, 7) is 1.54. The molecule has 1 atom stereocenters. The second-order valence-electron chi connectivity index (χ2n) is 5.65. The van der Waals surface area contributed by atoms with Gasteiger partial charge in [-0.05, 0) is 22.8 Å². The van der Waals surface area contributed by atoms with Crippen LogP contribution in [0.4, 0.5) is 0 Å². The van der Waals surface area contributed by atoms with E-state index in [0.29, 0.717) is 0 Å². The van der Waals surface area contributed by atoms with E-state index in [-0.39, 0.29) is 11.9 Å². The molecule has 0 heterocycles. The van der Waals surface area contributed by atoms with Crippen LogP contribution in [-0.4, -0.2) is 5.91 Å². The molecule has 0 fully saturated rings. The smallest absolute Gasteiger partial charge is 0.217 e. The highest BCUT2D eigenvalue weighted by molar-refractivity contribution is 6.33. The lowest BCUT2D eigenvalue weighted by Crippen LogP contribution is -2.26. The van der Waals surface area contributed by atoms with Crippen LogP contribution in [0.2, 0.25) is 5.02 Å². The van der Waals surface area contributed by atoms with E-state index < -0.39 is 0 Å². The lowest BCUT2D eigenvalue weighted by atomic mass is 9.96. The molecule has 0 radical (unpaired) electrons. The molecule has 0 aromatic heterocycles. The SMILES string of the molecule is CC(=O)NC(c1ccccc1)c1ccc(-c2ccccc2Cl)cc1. The van der Waals surface area contributed by atoms with Crippen molar-refractivity contribution < 1.29 is 4.79 Å². The fraction of sp³-hybridized carbons (Fsp3) is 0.0952. The summed E-state index contributed by atoms with van der Waals surface area (Å²) < 4.78 is 0. The largest absolute Gasteiger partial charge is 0.345 e. The third-order valence-electron chi connectivity index (χ3n) is 3.91. The number of benzene rings is 3. The zero-order valence-electron chi connectivity index (χ0n) is 13.4. The summed E-state index contributed by atoms with van der Waals surface area (Å²) in [4.78, 5) is 11.6. The number of rotatable bonds is 4. The van der Waals surface area contributed by atoms with Gasteiger partial charge < -0.3 is 5.32 Å². The van der Waals surface area contributed by atoms with Gasteiger partial charge >= 0.3 is 0 Å². The van der Waals surface area contributed by atoms with Crippen LogP contribution in [-0.2, 0) is 4.79 Å². The van der Waals surface area contributed by atoms with E-state index in [2.05, 4.69) is 5.32 Å². The monoisotopic (exact) mass is 335 g/mol. The minimum Gasteiger partial charge on any atom is -0.345 e. The van der Waals surface area contributed by atoms with Crippen molar-refractivity contribution in [1.29, 1.82) is 0 Å². The molecule has 120 valence electrons. The van der Waals surface area contributed by atoms with Gasteiger partial charge in [0.2, 0.25) is 5.91 Å². The van der Waals surface area contributed by atoms with Crippen molar-refractivity contribution >= 4 is 17.5 Å². The van der Waals surface area contributed by atoms with Crippen LogP contribution < -0.4 is 5.32 Å². The first-order chi connectivity index (χ1) is 11.6. The molecule has 0 saturated carbocycles. The molecular weight excluding hydrogens is 318 g/mol. The van der Waals surface area contributed by atoms with Crippen LogP contribution in [0.15, 0.2) is 78.9 Å². The minimum absolute atomic E-state index is 0.0565. The van der Waals surface area contributed by atoms with E-state index in [4.69, 9.17) is 11.6 Å². The molecular formula is C21H18ClNO. The zero-order valence-corrected chi connectivity index (χ0v) is 14.1. The third-order valence-corrected chi connectivity index (χ3v) is 4.24. The number of carbonyl (C=O) groups is 1. The third kappa shape index (κ3) is 3.66. The van der Waals surface area contributed by atoms with Crippen molar-refractivity contribution in [1.82, 2.24) is 5.32 Å². The average Bonchev–Trinajstić information content (AvgIpc) is 2.61. The molecule has 3 aromatic carbocycles. The molecule has 0 aliphatic carbocycles. The molecule has 0 aliphatic heterocycles. The lowest BCUT2D eigenvalue weighted by molar-refractivity contribution is -0.119. The summed E-state index contributed by atoms with van der Waals surface area (Å²) in [6.07, 6.45) is 0. The van der Waals surface area contributed by atoms with Crippen LogP contribution in [0.25, 0.3) is 11.1 Å². The molecule has 3 aromatic rings. The highest BCUT2D eigenvalue weighted by Crippen LogP contribution is 2.29. The van der Waals surface area contributed by atoms with Crippen LogP contribution in [0.1, 0.15) is 24.1 Å². The predicted octanol–water partition coefficient (Wildman–Crippen LogP) is 5.23. The van der Waals surface area contributed by atoms with Crippen molar-refractivity contribution in [3.8, 4) is 11.1 Å². The molecule has 24 heavy (non-hydrogen) atoms.